The van der Waals surface area contributed by atoms with Gasteiger partial charge in [0, 0.05) is 12.8 Å². The second kappa shape index (κ2) is 8.67. The van der Waals surface area contributed by atoms with E-state index in [0.717, 1.165) is 29.0 Å². The monoisotopic (exact) mass is 341 g/mol. The molecule has 0 heterocycles. The zero-order valence-electron chi connectivity index (χ0n) is 15.5. The van der Waals surface area contributed by atoms with Crippen molar-refractivity contribution in [2.75, 3.05) is 12.4 Å². The minimum Gasteiger partial charge on any atom is -0.489 e. The molecule has 0 saturated carbocycles. The number of benzene rings is 2. The predicted molar refractivity (Wildman–Crippen MR) is 101 cm³/mol. The molecule has 4 heteroatoms. The van der Waals surface area contributed by atoms with Crippen molar-refractivity contribution in [3.63, 3.8) is 0 Å². The van der Waals surface area contributed by atoms with Crippen LogP contribution in [0.1, 0.15) is 37.8 Å². The summed E-state index contributed by atoms with van der Waals surface area (Å²) in [5.41, 5.74) is 2.03. The number of aryl methyl sites for hydroxylation is 1. The number of carbonyl (C=O) groups is 1. The number of ether oxygens (including phenoxy) is 2. The molecule has 25 heavy (non-hydrogen) atoms. The molecule has 0 spiro atoms. The van der Waals surface area contributed by atoms with Gasteiger partial charge in [0.25, 0.3) is 5.91 Å². The van der Waals surface area contributed by atoms with Crippen LogP contribution in [0, 0.1) is 6.92 Å². The van der Waals surface area contributed by atoms with E-state index in [9.17, 15) is 4.79 Å². The Labute approximate surface area is 150 Å². The zero-order valence-corrected chi connectivity index (χ0v) is 15.5. The van der Waals surface area contributed by atoms with Gasteiger partial charge in [0.1, 0.15) is 18.0 Å². The molecule has 4 nitrogen and oxygen atoms in total. The molecule has 2 rings (SSSR count). The van der Waals surface area contributed by atoms with Crippen molar-refractivity contribution in [1.29, 1.82) is 0 Å². The van der Waals surface area contributed by atoms with Gasteiger partial charge in [0.15, 0.2) is 0 Å². The lowest BCUT2D eigenvalue weighted by molar-refractivity contribution is -0.136. The first kappa shape index (κ1) is 19.0. The van der Waals surface area contributed by atoms with Gasteiger partial charge in [-0.1, -0.05) is 43.7 Å². The SMILES string of the molecule is CCC[C@](C)(OC)C(=O)Nc1ccc(OCc2ccccc2)c(C)c1. The third-order valence-electron chi connectivity index (χ3n) is 4.33. The van der Waals surface area contributed by atoms with E-state index in [2.05, 4.69) is 5.32 Å². The highest BCUT2D eigenvalue weighted by Gasteiger charge is 2.32. The lowest BCUT2D eigenvalue weighted by atomic mass is 9.99. The summed E-state index contributed by atoms with van der Waals surface area (Å²) >= 11 is 0. The minimum atomic E-state index is -0.814. The van der Waals surface area contributed by atoms with Crippen molar-refractivity contribution in [3.8, 4) is 5.75 Å². The lowest BCUT2D eigenvalue weighted by Gasteiger charge is -2.26. The largest absolute Gasteiger partial charge is 0.489 e. The number of amides is 1. The summed E-state index contributed by atoms with van der Waals surface area (Å²) in [6.45, 7) is 6.34. The molecule has 134 valence electrons. The lowest BCUT2D eigenvalue weighted by Crippen LogP contribution is -2.41. The Balaban J connectivity index is 2.02. The van der Waals surface area contributed by atoms with Gasteiger partial charge < -0.3 is 14.8 Å². The molecule has 1 atom stereocenters. The summed E-state index contributed by atoms with van der Waals surface area (Å²) in [6.07, 6.45) is 1.55. The van der Waals surface area contributed by atoms with E-state index >= 15 is 0 Å². The standard InChI is InChI=1S/C21H27NO3/c1-5-13-21(3,24-4)20(23)22-18-11-12-19(16(2)14-18)25-15-17-9-7-6-8-10-17/h6-12,14H,5,13,15H2,1-4H3,(H,22,23)/t21-/m0/s1. The van der Waals surface area contributed by atoms with E-state index in [1.165, 1.54) is 0 Å². The van der Waals surface area contributed by atoms with E-state index in [1.807, 2.05) is 69.3 Å². The van der Waals surface area contributed by atoms with Crippen LogP contribution < -0.4 is 10.1 Å². The van der Waals surface area contributed by atoms with Crippen molar-refractivity contribution in [1.82, 2.24) is 0 Å². The van der Waals surface area contributed by atoms with Crippen LogP contribution in [0.5, 0.6) is 5.75 Å². The average molecular weight is 341 g/mol. The molecule has 0 aromatic heterocycles. The van der Waals surface area contributed by atoms with Gasteiger partial charge >= 0.3 is 0 Å². The summed E-state index contributed by atoms with van der Waals surface area (Å²) in [7, 11) is 1.57. The van der Waals surface area contributed by atoms with E-state index in [4.69, 9.17) is 9.47 Å². The molecule has 2 aromatic carbocycles. The predicted octanol–water partition coefficient (Wildman–Crippen LogP) is 4.72. The van der Waals surface area contributed by atoms with Crippen molar-refractivity contribution >= 4 is 11.6 Å². The van der Waals surface area contributed by atoms with E-state index in [1.54, 1.807) is 7.11 Å². The van der Waals surface area contributed by atoms with Gasteiger partial charge in [-0.05, 0) is 49.6 Å². The second-order valence-corrected chi connectivity index (χ2v) is 6.39. The van der Waals surface area contributed by atoms with Crippen molar-refractivity contribution in [3.05, 3.63) is 59.7 Å². The zero-order chi connectivity index (χ0) is 18.3. The number of rotatable bonds is 8. The van der Waals surface area contributed by atoms with Gasteiger partial charge in [-0.3, -0.25) is 4.79 Å². The summed E-state index contributed by atoms with van der Waals surface area (Å²) in [5.74, 6) is 0.680. The number of hydrogen-bond donors (Lipinski definition) is 1. The molecule has 2 aromatic rings. The molecular weight excluding hydrogens is 314 g/mol. The molecule has 0 unspecified atom stereocenters. The molecule has 0 bridgehead atoms. The first-order valence-electron chi connectivity index (χ1n) is 8.62. The van der Waals surface area contributed by atoms with Crippen LogP contribution in [0.15, 0.2) is 48.5 Å². The minimum absolute atomic E-state index is 0.130. The Kier molecular flexibility index (Phi) is 6.59. The van der Waals surface area contributed by atoms with E-state index < -0.39 is 5.60 Å². The first-order chi connectivity index (χ1) is 12.0. The van der Waals surface area contributed by atoms with Crippen LogP contribution in [-0.2, 0) is 16.1 Å². The number of nitrogens with one attached hydrogen (secondary N) is 1. The summed E-state index contributed by atoms with van der Waals surface area (Å²) in [4.78, 5) is 12.5. The molecule has 0 radical (unpaired) electrons. The summed E-state index contributed by atoms with van der Waals surface area (Å²) < 4.78 is 11.3. The van der Waals surface area contributed by atoms with E-state index in [0.29, 0.717) is 13.0 Å². The van der Waals surface area contributed by atoms with Gasteiger partial charge in [-0.15, -0.1) is 0 Å². The summed E-state index contributed by atoms with van der Waals surface area (Å²) in [6, 6.07) is 15.7. The maximum absolute atomic E-state index is 12.5. The van der Waals surface area contributed by atoms with Crippen molar-refractivity contribution < 1.29 is 14.3 Å². The molecule has 0 fully saturated rings. The second-order valence-electron chi connectivity index (χ2n) is 6.39. The van der Waals surface area contributed by atoms with Crippen LogP contribution in [0.25, 0.3) is 0 Å². The number of anilines is 1. The fourth-order valence-corrected chi connectivity index (χ4v) is 2.67. The summed E-state index contributed by atoms with van der Waals surface area (Å²) in [5, 5.41) is 2.94. The Morgan fingerprint density at radius 3 is 2.48 bits per heavy atom. The van der Waals surface area contributed by atoms with Crippen LogP contribution in [0.3, 0.4) is 0 Å². The van der Waals surface area contributed by atoms with Gasteiger partial charge in [-0.2, -0.15) is 0 Å². The fourth-order valence-electron chi connectivity index (χ4n) is 2.67. The first-order valence-corrected chi connectivity index (χ1v) is 8.62. The maximum Gasteiger partial charge on any atom is 0.256 e. The van der Waals surface area contributed by atoms with Crippen LogP contribution in [0.2, 0.25) is 0 Å². The molecule has 0 aliphatic rings. The van der Waals surface area contributed by atoms with Crippen LogP contribution in [-0.4, -0.2) is 18.6 Å². The number of carbonyl (C=O) groups excluding carboxylic acids is 1. The smallest absolute Gasteiger partial charge is 0.256 e. The van der Waals surface area contributed by atoms with Gasteiger partial charge in [0.2, 0.25) is 0 Å². The highest BCUT2D eigenvalue weighted by molar-refractivity contribution is 5.97. The van der Waals surface area contributed by atoms with Gasteiger partial charge in [0.05, 0.1) is 0 Å². The molecule has 0 aliphatic carbocycles. The van der Waals surface area contributed by atoms with Crippen LogP contribution in [0.4, 0.5) is 5.69 Å². The maximum atomic E-state index is 12.5. The molecule has 1 amide bonds. The molecule has 0 saturated heterocycles. The third kappa shape index (κ3) is 5.07. The number of methoxy groups -OCH3 is 1. The third-order valence-corrected chi connectivity index (χ3v) is 4.33. The quantitative estimate of drug-likeness (QED) is 0.756. The van der Waals surface area contributed by atoms with Crippen molar-refractivity contribution in [2.45, 2.75) is 45.8 Å². The normalized spacial score (nSPS) is 13.1. The fraction of sp³-hybridized carbons (Fsp3) is 0.381. The molecular formula is C21H27NO3. The topological polar surface area (TPSA) is 47.6 Å². The van der Waals surface area contributed by atoms with Crippen molar-refractivity contribution in [2.24, 2.45) is 0 Å². The number of hydrogen-bond acceptors (Lipinski definition) is 3. The Morgan fingerprint density at radius 2 is 1.88 bits per heavy atom. The Bertz CT molecular complexity index is 700. The average Bonchev–Trinajstić information content (AvgIpc) is 2.62. The Hall–Kier alpha value is -2.33. The van der Waals surface area contributed by atoms with Gasteiger partial charge in [-0.25, -0.2) is 0 Å². The molecule has 0 aliphatic heterocycles. The van der Waals surface area contributed by atoms with Crippen LogP contribution >= 0.6 is 0 Å². The Morgan fingerprint density at radius 1 is 1.16 bits per heavy atom. The highest BCUT2D eigenvalue weighted by Crippen LogP contribution is 2.25. The van der Waals surface area contributed by atoms with E-state index in [-0.39, 0.29) is 5.91 Å². The highest BCUT2D eigenvalue weighted by atomic mass is 16.5. The molecule has 1 N–H and O–H groups in total.